The van der Waals surface area contributed by atoms with Crippen molar-refractivity contribution in [1.82, 2.24) is 20.0 Å². The Hall–Kier alpha value is -2.64. The van der Waals surface area contributed by atoms with Crippen LogP contribution in [0, 0.1) is 6.92 Å². The quantitative estimate of drug-likeness (QED) is 0.811. The zero-order valence-corrected chi connectivity index (χ0v) is 14.6. The third-order valence-electron chi connectivity index (χ3n) is 4.05. The summed E-state index contributed by atoms with van der Waals surface area (Å²) in [7, 11) is 0. The van der Waals surface area contributed by atoms with Gasteiger partial charge in [-0.2, -0.15) is 4.98 Å². The van der Waals surface area contributed by atoms with Crippen LogP contribution in [0.4, 0.5) is 5.95 Å². The number of hydrogen-bond acceptors (Lipinski definition) is 7. The molecule has 0 radical (unpaired) electrons. The average Bonchev–Trinajstić information content (AvgIpc) is 2.86. The number of aryl methyl sites for hydroxylation is 1. The SMILES string of the molecule is CCOc1ccnc(N2CCCN(C(=O)Cc3cc(C)on3)CC2)n1. The van der Waals surface area contributed by atoms with Gasteiger partial charge < -0.3 is 19.1 Å². The van der Waals surface area contributed by atoms with E-state index < -0.39 is 0 Å². The molecule has 3 rings (SSSR count). The average molecular weight is 345 g/mol. The molecule has 3 heterocycles. The lowest BCUT2D eigenvalue weighted by Gasteiger charge is -2.22. The number of aromatic nitrogens is 3. The number of carbonyl (C=O) groups is 1. The maximum atomic E-state index is 12.5. The van der Waals surface area contributed by atoms with Gasteiger partial charge in [-0.3, -0.25) is 4.79 Å². The van der Waals surface area contributed by atoms with E-state index in [0.29, 0.717) is 37.2 Å². The number of amides is 1. The molecule has 1 fully saturated rings. The van der Waals surface area contributed by atoms with Crippen molar-refractivity contribution in [2.24, 2.45) is 0 Å². The van der Waals surface area contributed by atoms with Gasteiger partial charge in [-0.05, 0) is 20.3 Å². The van der Waals surface area contributed by atoms with Gasteiger partial charge in [-0.15, -0.1) is 0 Å². The van der Waals surface area contributed by atoms with Crippen LogP contribution in [-0.4, -0.2) is 58.7 Å². The van der Waals surface area contributed by atoms with Crippen molar-refractivity contribution in [2.75, 3.05) is 37.7 Å². The summed E-state index contributed by atoms with van der Waals surface area (Å²) < 4.78 is 10.5. The van der Waals surface area contributed by atoms with E-state index in [1.807, 2.05) is 18.7 Å². The molecule has 2 aromatic heterocycles. The van der Waals surface area contributed by atoms with Crippen LogP contribution in [0.5, 0.6) is 5.88 Å². The van der Waals surface area contributed by atoms with Crippen LogP contribution in [0.15, 0.2) is 22.9 Å². The van der Waals surface area contributed by atoms with Gasteiger partial charge in [0.2, 0.25) is 17.7 Å². The van der Waals surface area contributed by atoms with Gasteiger partial charge >= 0.3 is 0 Å². The number of rotatable bonds is 5. The lowest BCUT2D eigenvalue weighted by molar-refractivity contribution is -0.130. The molecular formula is C17H23N5O3. The smallest absolute Gasteiger partial charge is 0.228 e. The van der Waals surface area contributed by atoms with Crippen molar-refractivity contribution >= 4 is 11.9 Å². The zero-order chi connectivity index (χ0) is 17.6. The highest BCUT2D eigenvalue weighted by Crippen LogP contribution is 2.15. The lowest BCUT2D eigenvalue weighted by Crippen LogP contribution is -2.36. The van der Waals surface area contributed by atoms with Crippen LogP contribution in [0.2, 0.25) is 0 Å². The van der Waals surface area contributed by atoms with Crippen molar-refractivity contribution < 1.29 is 14.1 Å². The number of carbonyl (C=O) groups excluding carboxylic acids is 1. The molecule has 1 amide bonds. The molecule has 134 valence electrons. The fourth-order valence-electron chi connectivity index (χ4n) is 2.85. The minimum Gasteiger partial charge on any atom is -0.478 e. The minimum atomic E-state index is 0.0686. The normalized spacial score (nSPS) is 15.1. The van der Waals surface area contributed by atoms with Gasteiger partial charge in [0.1, 0.15) is 5.76 Å². The summed E-state index contributed by atoms with van der Waals surface area (Å²) in [4.78, 5) is 25.2. The maximum absolute atomic E-state index is 12.5. The van der Waals surface area contributed by atoms with Gasteiger partial charge in [0.15, 0.2) is 0 Å². The second kappa shape index (κ2) is 7.96. The molecule has 0 aliphatic carbocycles. The van der Waals surface area contributed by atoms with Crippen molar-refractivity contribution in [3.8, 4) is 5.88 Å². The first-order chi connectivity index (χ1) is 12.2. The summed E-state index contributed by atoms with van der Waals surface area (Å²) in [5.41, 5.74) is 0.677. The highest BCUT2D eigenvalue weighted by molar-refractivity contribution is 5.78. The molecule has 0 aromatic carbocycles. The Labute approximate surface area is 146 Å². The van der Waals surface area contributed by atoms with E-state index >= 15 is 0 Å². The maximum Gasteiger partial charge on any atom is 0.228 e. The van der Waals surface area contributed by atoms with E-state index in [4.69, 9.17) is 9.26 Å². The molecule has 0 unspecified atom stereocenters. The Morgan fingerprint density at radius 3 is 2.96 bits per heavy atom. The predicted molar refractivity (Wildman–Crippen MR) is 91.6 cm³/mol. The third-order valence-corrected chi connectivity index (χ3v) is 4.05. The van der Waals surface area contributed by atoms with Crippen LogP contribution in [0.3, 0.4) is 0 Å². The second-order valence-corrected chi connectivity index (χ2v) is 5.95. The van der Waals surface area contributed by atoms with Gasteiger partial charge in [0, 0.05) is 44.5 Å². The Balaban J connectivity index is 1.60. The van der Waals surface area contributed by atoms with Gasteiger partial charge in [-0.1, -0.05) is 5.16 Å². The highest BCUT2D eigenvalue weighted by atomic mass is 16.5. The minimum absolute atomic E-state index is 0.0686. The largest absolute Gasteiger partial charge is 0.478 e. The topological polar surface area (TPSA) is 84.6 Å². The molecule has 2 aromatic rings. The van der Waals surface area contributed by atoms with Crippen molar-refractivity contribution in [3.05, 3.63) is 29.8 Å². The molecule has 1 aliphatic rings. The summed E-state index contributed by atoms with van der Waals surface area (Å²) in [5.74, 6) is 2.01. The summed E-state index contributed by atoms with van der Waals surface area (Å²) in [6.45, 7) is 7.17. The Morgan fingerprint density at radius 2 is 2.20 bits per heavy atom. The summed E-state index contributed by atoms with van der Waals surface area (Å²) >= 11 is 0. The molecule has 8 nitrogen and oxygen atoms in total. The number of nitrogens with zero attached hydrogens (tertiary/aromatic N) is 5. The first-order valence-corrected chi connectivity index (χ1v) is 8.56. The molecular weight excluding hydrogens is 322 g/mol. The summed E-state index contributed by atoms with van der Waals surface area (Å²) in [5, 5.41) is 3.90. The van der Waals surface area contributed by atoms with Crippen molar-refractivity contribution in [1.29, 1.82) is 0 Å². The standard InChI is InChI=1S/C17H23N5O3/c1-3-24-15-5-6-18-17(19-15)22-8-4-7-21(9-10-22)16(23)12-14-11-13(2)25-20-14/h5-6,11H,3-4,7-10,12H2,1-2H3. The Morgan fingerprint density at radius 1 is 1.32 bits per heavy atom. The fourth-order valence-corrected chi connectivity index (χ4v) is 2.85. The van der Waals surface area contributed by atoms with Crippen LogP contribution in [0.25, 0.3) is 0 Å². The summed E-state index contributed by atoms with van der Waals surface area (Å²) in [6, 6.07) is 3.55. The van der Waals surface area contributed by atoms with E-state index in [1.165, 1.54) is 0 Å². The van der Waals surface area contributed by atoms with Gasteiger partial charge in [0.05, 0.1) is 18.7 Å². The molecule has 1 aliphatic heterocycles. The van der Waals surface area contributed by atoms with Crippen molar-refractivity contribution in [3.63, 3.8) is 0 Å². The fraction of sp³-hybridized carbons (Fsp3) is 0.529. The van der Waals surface area contributed by atoms with Crippen LogP contribution < -0.4 is 9.64 Å². The first kappa shape index (κ1) is 17.2. The zero-order valence-electron chi connectivity index (χ0n) is 14.6. The molecule has 25 heavy (non-hydrogen) atoms. The molecule has 0 saturated carbocycles. The molecule has 0 atom stereocenters. The summed E-state index contributed by atoms with van der Waals surface area (Å²) in [6.07, 6.45) is 2.84. The van der Waals surface area contributed by atoms with E-state index in [9.17, 15) is 4.79 Å². The van der Waals surface area contributed by atoms with Gasteiger partial charge in [-0.25, -0.2) is 4.98 Å². The molecule has 0 N–H and O–H groups in total. The lowest BCUT2D eigenvalue weighted by atomic mass is 10.2. The Bertz CT molecular complexity index is 718. The predicted octanol–water partition coefficient (Wildman–Crippen LogP) is 1.45. The van der Waals surface area contributed by atoms with Crippen LogP contribution in [-0.2, 0) is 11.2 Å². The van der Waals surface area contributed by atoms with E-state index in [0.717, 1.165) is 25.3 Å². The number of anilines is 1. The molecule has 1 saturated heterocycles. The first-order valence-electron chi connectivity index (χ1n) is 8.56. The number of hydrogen-bond donors (Lipinski definition) is 0. The molecule has 8 heteroatoms. The van der Waals surface area contributed by atoms with Crippen LogP contribution >= 0.6 is 0 Å². The highest BCUT2D eigenvalue weighted by Gasteiger charge is 2.21. The van der Waals surface area contributed by atoms with E-state index in [-0.39, 0.29) is 12.3 Å². The molecule has 0 bridgehead atoms. The molecule has 0 spiro atoms. The van der Waals surface area contributed by atoms with Crippen LogP contribution in [0.1, 0.15) is 24.8 Å². The monoisotopic (exact) mass is 345 g/mol. The van der Waals surface area contributed by atoms with E-state index in [2.05, 4.69) is 20.0 Å². The van der Waals surface area contributed by atoms with E-state index in [1.54, 1.807) is 18.3 Å². The Kier molecular flexibility index (Phi) is 5.47. The third kappa shape index (κ3) is 4.46. The van der Waals surface area contributed by atoms with Gasteiger partial charge in [0.25, 0.3) is 0 Å². The second-order valence-electron chi connectivity index (χ2n) is 5.95. The van der Waals surface area contributed by atoms with Crippen molar-refractivity contribution in [2.45, 2.75) is 26.7 Å². The number of ether oxygens (including phenoxy) is 1.